The summed E-state index contributed by atoms with van der Waals surface area (Å²) < 4.78 is 0.932. The molecule has 5 heteroatoms. The maximum Gasteiger partial charge on any atom is 0.308 e. The van der Waals surface area contributed by atoms with Gasteiger partial charge in [0.15, 0.2) is 0 Å². The molecule has 0 aliphatic carbocycles. The number of halogens is 1. The van der Waals surface area contributed by atoms with Crippen LogP contribution in [0.5, 0.6) is 0 Å². The van der Waals surface area contributed by atoms with Gasteiger partial charge < -0.3 is 10.0 Å². The number of likely N-dealkylation sites (tertiary alicyclic amines) is 1. The summed E-state index contributed by atoms with van der Waals surface area (Å²) in [5, 5.41) is 9.14. The van der Waals surface area contributed by atoms with Crippen LogP contribution in [0.2, 0.25) is 0 Å². The molecule has 2 rings (SSSR count). The highest BCUT2D eigenvalue weighted by Gasteiger charge is 2.33. The molecule has 0 radical (unpaired) electrons. The topological polar surface area (TPSA) is 57.6 Å². The number of piperidine rings is 1. The van der Waals surface area contributed by atoms with Gasteiger partial charge in [-0.25, -0.2) is 0 Å². The molecule has 0 saturated carbocycles. The van der Waals surface area contributed by atoms with Gasteiger partial charge in [0.2, 0.25) is 0 Å². The SMILES string of the molecule is Cc1cc(Br)ccc1C(=O)N1CC(C(=O)O)CCC1C. The third-order valence-electron chi connectivity index (χ3n) is 3.91. The first-order valence-electron chi connectivity index (χ1n) is 6.70. The third-order valence-corrected chi connectivity index (χ3v) is 4.40. The van der Waals surface area contributed by atoms with Gasteiger partial charge in [0, 0.05) is 22.6 Å². The van der Waals surface area contributed by atoms with Crippen LogP contribution in [-0.2, 0) is 4.79 Å². The second-order valence-electron chi connectivity index (χ2n) is 5.38. The van der Waals surface area contributed by atoms with Gasteiger partial charge in [0.25, 0.3) is 5.91 Å². The number of amides is 1. The fourth-order valence-corrected chi connectivity index (χ4v) is 3.09. The van der Waals surface area contributed by atoms with Crippen molar-refractivity contribution in [1.29, 1.82) is 0 Å². The van der Waals surface area contributed by atoms with Crippen LogP contribution in [0.25, 0.3) is 0 Å². The zero-order chi connectivity index (χ0) is 14.9. The summed E-state index contributed by atoms with van der Waals surface area (Å²) in [4.78, 5) is 25.5. The molecule has 1 heterocycles. The largest absolute Gasteiger partial charge is 0.481 e. The van der Waals surface area contributed by atoms with Gasteiger partial charge in [-0.3, -0.25) is 9.59 Å². The van der Waals surface area contributed by atoms with Gasteiger partial charge in [-0.05, 0) is 50.5 Å². The van der Waals surface area contributed by atoms with E-state index in [0.29, 0.717) is 18.5 Å². The number of carbonyl (C=O) groups excluding carboxylic acids is 1. The van der Waals surface area contributed by atoms with Crippen molar-refractivity contribution in [2.45, 2.75) is 32.7 Å². The number of benzene rings is 1. The molecule has 0 aromatic heterocycles. The summed E-state index contributed by atoms with van der Waals surface area (Å²) in [5.41, 5.74) is 1.54. The Labute approximate surface area is 126 Å². The number of hydrogen-bond donors (Lipinski definition) is 1. The van der Waals surface area contributed by atoms with Gasteiger partial charge in [0.05, 0.1) is 5.92 Å². The van der Waals surface area contributed by atoms with Gasteiger partial charge in [-0.15, -0.1) is 0 Å². The van der Waals surface area contributed by atoms with Crippen LogP contribution in [0.3, 0.4) is 0 Å². The minimum atomic E-state index is -0.817. The van der Waals surface area contributed by atoms with Crippen molar-refractivity contribution in [2.75, 3.05) is 6.54 Å². The molecule has 0 bridgehead atoms. The van der Waals surface area contributed by atoms with E-state index in [1.807, 2.05) is 26.0 Å². The molecule has 2 atom stereocenters. The molecule has 108 valence electrons. The second kappa shape index (κ2) is 5.95. The average molecular weight is 340 g/mol. The van der Waals surface area contributed by atoms with Gasteiger partial charge in [-0.2, -0.15) is 0 Å². The molecule has 2 unspecified atom stereocenters. The van der Waals surface area contributed by atoms with E-state index in [4.69, 9.17) is 5.11 Å². The lowest BCUT2D eigenvalue weighted by Gasteiger charge is -2.36. The first kappa shape index (κ1) is 15.0. The van der Waals surface area contributed by atoms with Crippen molar-refractivity contribution in [3.8, 4) is 0 Å². The fourth-order valence-electron chi connectivity index (χ4n) is 2.61. The Bertz CT molecular complexity index is 544. The number of nitrogens with zero attached hydrogens (tertiary/aromatic N) is 1. The Balaban J connectivity index is 2.24. The van der Waals surface area contributed by atoms with E-state index < -0.39 is 11.9 Å². The summed E-state index contributed by atoms with van der Waals surface area (Å²) >= 11 is 3.38. The fraction of sp³-hybridized carbons (Fsp3) is 0.467. The van der Waals surface area contributed by atoms with Crippen molar-refractivity contribution in [1.82, 2.24) is 4.90 Å². The van der Waals surface area contributed by atoms with E-state index in [9.17, 15) is 9.59 Å². The quantitative estimate of drug-likeness (QED) is 0.900. The van der Waals surface area contributed by atoms with Crippen molar-refractivity contribution < 1.29 is 14.7 Å². The molecule has 20 heavy (non-hydrogen) atoms. The molecule has 1 aliphatic rings. The Morgan fingerprint density at radius 1 is 1.35 bits per heavy atom. The molecule has 0 spiro atoms. The van der Waals surface area contributed by atoms with Crippen molar-refractivity contribution in [2.24, 2.45) is 5.92 Å². The van der Waals surface area contributed by atoms with Crippen LogP contribution >= 0.6 is 15.9 Å². The second-order valence-corrected chi connectivity index (χ2v) is 6.29. The maximum atomic E-state index is 12.6. The van der Waals surface area contributed by atoms with E-state index in [1.165, 1.54) is 0 Å². The van der Waals surface area contributed by atoms with Crippen molar-refractivity contribution in [3.63, 3.8) is 0 Å². The molecule has 1 aliphatic heterocycles. The Morgan fingerprint density at radius 2 is 2.05 bits per heavy atom. The molecular formula is C15H18BrNO3. The molecule has 1 aromatic rings. The zero-order valence-corrected chi connectivity index (χ0v) is 13.2. The number of carboxylic acid groups (broad SMARTS) is 1. The average Bonchev–Trinajstić information content (AvgIpc) is 2.38. The summed E-state index contributed by atoms with van der Waals surface area (Å²) in [5.74, 6) is -1.35. The first-order valence-corrected chi connectivity index (χ1v) is 7.49. The molecular weight excluding hydrogens is 322 g/mol. The van der Waals surface area contributed by atoms with E-state index in [0.717, 1.165) is 16.5 Å². The molecule has 1 amide bonds. The van der Waals surface area contributed by atoms with E-state index in [1.54, 1.807) is 11.0 Å². The molecule has 1 aromatic carbocycles. The van der Waals surface area contributed by atoms with Gasteiger partial charge in [-0.1, -0.05) is 15.9 Å². The predicted octanol–water partition coefficient (Wildman–Crippen LogP) is 3.08. The molecule has 4 nitrogen and oxygen atoms in total. The minimum absolute atomic E-state index is 0.0755. The maximum absolute atomic E-state index is 12.6. The van der Waals surface area contributed by atoms with E-state index >= 15 is 0 Å². The van der Waals surface area contributed by atoms with Gasteiger partial charge in [0.1, 0.15) is 0 Å². The Hall–Kier alpha value is -1.36. The minimum Gasteiger partial charge on any atom is -0.481 e. The standard InChI is InChI=1S/C15H18BrNO3/c1-9-7-12(16)5-6-13(9)14(18)17-8-11(15(19)20)4-3-10(17)2/h5-7,10-11H,3-4,8H2,1-2H3,(H,19,20). The number of aryl methyl sites for hydroxylation is 1. The first-order chi connectivity index (χ1) is 9.40. The lowest BCUT2D eigenvalue weighted by atomic mass is 9.92. The lowest BCUT2D eigenvalue weighted by molar-refractivity contribution is -0.143. The normalized spacial score (nSPS) is 22.6. The van der Waals surface area contributed by atoms with Crippen LogP contribution in [-0.4, -0.2) is 34.5 Å². The van der Waals surface area contributed by atoms with Crippen LogP contribution in [0.4, 0.5) is 0 Å². The predicted molar refractivity (Wildman–Crippen MR) is 79.7 cm³/mol. The lowest BCUT2D eigenvalue weighted by Crippen LogP contribution is -2.47. The number of aliphatic carboxylic acids is 1. The Kier molecular flexibility index (Phi) is 4.48. The highest BCUT2D eigenvalue weighted by molar-refractivity contribution is 9.10. The molecule has 1 N–H and O–H groups in total. The van der Waals surface area contributed by atoms with Crippen molar-refractivity contribution in [3.05, 3.63) is 33.8 Å². The summed E-state index contributed by atoms with van der Waals surface area (Å²) in [6.45, 7) is 4.16. The van der Waals surface area contributed by atoms with Crippen LogP contribution in [0.1, 0.15) is 35.7 Å². The highest BCUT2D eigenvalue weighted by Crippen LogP contribution is 2.25. The van der Waals surface area contributed by atoms with E-state index in [-0.39, 0.29) is 11.9 Å². The van der Waals surface area contributed by atoms with Gasteiger partial charge >= 0.3 is 5.97 Å². The molecule has 1 fully saturated rings. The number of carboxylic acids is 1. The molecule has 1 saturated heterocycles. The monoisotopic (exact) mass is 339 g/mol. The number of rotatable bonds is 2. The summed E-state index contributed by atoms with van der Waals surface area (Å²) in [7, 11) is 0. The number of carbonyl (C=O) groups is 2. The smallest absolute Gasteiger partial charge is 0.308 e. The van der Waals surface area contributed by atoms with Crippen molar-refractivity contribution >= 4 is 27.8 Å². The van der Waals surface area contributed by atoms with Crippen LogP contribution in [0, 0.1) is 12.8 Å². The Morgan fingerprint density at radius 3 is 2.65 bits per heavy atom. The number of hydrogen-bond acceptors (Lipinski definition) is 2. The van der Waals surface area contributed by atoms with Crippen LogP contribution in [0.15, 0.2) is 22.7 Å². The van der Waals surface area contributed by atoms with E-state index in [2.05, 4.69) is 15.9 Å². The summed E-state index contributed by atoms with van der Waals surface area (Å²) in [6, 6.07) is 5.61. The summed E-state index contributed by atoms with van der Waals surface area (Å²) in [6.07, 6.45) is 1.37. The highest BCUT2D eigenvalue weighted by atomic mass is 79.9. The zero-order valence-electron chi connectivity index (χ0n) is 11.6. The third kappa shape index (κ3) is 3.03. The van der Waals surface area contributed by atoms with Crippen LogP contribution < -0.4 is 0 Å².